The van der Waals surface area contributed by atoms with Gasteiger partial charge in [0.15, 0.2) is 0 Å². The van der Waals surface area contributed by atoms with Gasteiger partial charge in [0.2, 0.25) is 0 Å². The molecule has 0 unspecified atom stereocenters. The maximum Gasteiger partial charge on any atom is 0.255 e. The van der Waals surface area contributed by atoms with Crippen molar-refractivity contribution in [1.29, 1.82) is 10.8 Å². The second-order valence-electron chi connectivity index (χ2n) is 3.78. The first-order chi connectivity index (χ1) is 9.70. The van der Waals surface area contributed by atoms with Gasteiger partial charge in [-0.05, 0) is 30.3 Å². The first-order valence-electron chi connectivity index (χ1n) is 5.70. The van der Waals surface area contributed by atoms with Gasteiger partial charge in [-0.2, -0.15) is 0 Å². The van der Waals surface area contributed by atoms with Crippen LogP contribution in [-0.2, 0) is 0 Å². The summed E-state index contributed by atoms with van der Waals surface area (Å²) in [7, 11) is 1.54. The number of rotatable bonds is 3. The molecule has 0 heterocycles. The molecule has 2 rings (SSSR count). The van der Waals surface area contributed by atoms with Crippen molar-refractivity contribution >= 4 is 17.3 Å². The van der Waals surface area contributed by atoms with Gasteiger partial charge in [-0.15, -0.1) is 0 Å². The highest BCUT2D eigenvalue weighted by Gasteiger charge is 2.08. The molecule has 2 aromatic rings. The van der Waals surface area contributed by atoms with Crippen LogP contribution in [0.25, 0.3) is 0 Å². The van der Waals surface area contributed by atoms with Crippen LogP contribution in [0.4, 0.5) is 11.4 Å². The van der Waals surface area contributed by atoms with E-state index in [0.29, 0.717) is 17.0 Å². The van der Waals surface area contributed by atoms with Crippen LogP contribution in [0.5, 0.6) is 5.75 Å². The average Bonchev–Trinajstić information content (AvgIpc) is 2.50. The minimum Gasteiger partial charge on any atom is -0.495 e. The summed E-state index contributed by atoms with van der Waals surface area (Å²) in [5.74, 6) is 0.363. The molecular formula is C14H14N4O2. The number of benzene rings is 2. The van der Waals surface area contributed by atoms with Crippen molar-refractivity contribution in [2.45, 2.75) is 0 Å². The number of amides is 1. The molecule has 0 aliphatic carbocycles. The fourth-order valence-corrected chi connectivity index (χ4v) is 1.60. The Balaban J connectivity index is 0.000000956. The van der Waals surface area contributed by atoms with Gasteiger partial charge in [0.25, 0.3) is 5.91 Å². The first kappa shape index (κ1) is 15.0. The van der Waals surface area contributed by atoms with Crippen LogP contribution in [-0.4, -0.2) is 13.0 Å². The molecule has 0 radical (unpaired) electrons. The number of nitrogens with one attached hydrogen (secondary N) is 1. The van der Waals surface area contributed by atoms with E-state index in [2.05, 4.69) is 5.32 Å². The third-order valence-corrected chi connectivity index (χ3v) is 2.52. The SMILES string of the molecule is COc1ccc(C(=O)Nc2ccccc2)cc1N.N#N. The number of carbonyl (C=O) groups is 1. The summed E-state index contributed by atoms with van der Waals surface area (Å²) >= 11 is 0. The highest BCUT2D eigenvalue weighted by atomic mass is 16.5. The van der Waals surface area contributed by atoms with Gasteiger partial charge >= 0.3 is 0 Å². The van der Waals surface area contributed by atoms with E-state index in [9.17, 15) is 4.79 Å². The van der Waals surface area contributed by atoms with E-state index in [4.69, 9.17) is 21.3 Å². The van der Waals surface area contributed by atoms with Gasteiger partial charge in [0.05, 0.1) is 12.8 Å². The first-order valence-corrected chi connectivity index (χ1v) is 5.70. The summed E-state index contributed by atoms with van der Waals surface area (Å²) in [6, 6.07) is 14.2. The van der Waals surface area contributed by atoms with Gasteiger partial charge in [0.1, 0.15) is 5.75 Å². The quantitative estimate of drug-likeness (QED) is 0.657. The van der Waals surface area contributed by atoms with Crippen molar-refractivity contribution in [2.24, 2.45) is 0 Å². The molecular weight excluding hydrogens is 256 g/mol. The second kappa shape index (κ2) is 7.38. The molecule has 2 aromatic carbocycles. The Morgan fingerprint density at radius 3 is 2.35 bits per heavy atom. The Kier molecular flexibility index (Phi) is 5.53. The molecule has 0 fully saturated rings. The Morgan fingerprint density at radius 2 is 1.80 bits per heavy atom. The monoisotopic (exact) mass is 270 g/mol. The third-order valence-electron chi connectivity index (χ3n) is 2.52. The Hall–Kier alpha value is -3.07. The third kappa shape index (κ3) is 3.71. The molecule has 6 nitrogen and oxygen atoms in total. The summed E-state index contributed by atoms with van der Waals surface area (Å²) in [6.07, 6.45) is 0. The van der Waals surface area contributed by atoms with E-state index in [1.807, 2.05) is 30.3 Å². The smallest absolute Gasteiger partial charge is 0.255 e. The Morgan fingerprint density at radius 1 is 1.15 bits per heavy atom. The highest BCUT2D eigenvalue weighted by Crippen LogP contribution is 2.22. The molecule has 0 saturated heterocycles. The van der Waals surface area contributed by atoms with Crippen molar-refractivity contribution < 1.29 is 9.53 Å². The Labute approximate surface area is 116 Å². The van der Waals surface area contributed by atoms with Crippen LogP contribution in [0.3, 0.4) is 0 Å². The lowest BCUT2D eigenvalue weighted by atomic mass is 10.1. The number of nitrogens with zero attached hydrogens (tertiary/aromatic N) is 2. The molecule has 0 aliphatic rings. The zero-order chi connectivity index (χ0) is 15.0. The van der Waals surface area contributed by atoms with Gasteiger partial charge in [0, 0.05) is 22.0 Å². The van der Waals surface area contributed by atoms with Crippen LogP contribution < -0.4 is 15.8 Å². The molecule has 0 aromatic heterocycles. The molecule has 0 atom stereocenters. The van der Waals surface area contributed by atoms with E-state index in [1.54, 1.807) is 18.2 Å². The lowest BCUT2D eigenvalue weighted by molar-refractivity contribution is 0.102. The fraction of sp³-hybridized carbons (Fsp3) is 0.0714. The Bertz CT molecular complexity index is 597. The normalized spacial score (nSPS) is 8.95. The lowest BCUT2D eigenvalue weighted by Crippen LogP contribution is -2.12. The standard InChI is InChI=1S/C14H14N2O2.N2/c1-18-13-8-7-10(9-12(13)15)14(17)16-11-5-3-2-4-6-11;1-2/h2-9H,15H2,1H3,(H,16,17);. The minimum absolute atomic E-state index is 0.199. The average molecular weight is 270 g/mol. The van der Waals surface area contributed by atoms with Crippen molar-refractivity contribution in [2.75, 3.05) is 18.2 Å². The number of hydrogen-bond acceptors (Lipinski definition) is 5. The van der Waals surface area contributed by atoms with Crippen LogP contribution in [0, 0.1) is 10.8 Å². The van der Waals surface area contributed by atoms with Crippen molar-refractivity contribution in [3.8, 4) is 5.75 Å². The predicted molar refractivity (Wildman–Crippen MR) is 75.3 cm³/mol. The predicted octanol–water partition coefficient (Wildman–Crippen LogP) is 2.56. The molecule has 0 bridgehead atoms. The summed E-state index contributed by atoms with van der Waals surface area (Å²) < 4.78 is 5.04. The fourth-order valence-electron chi connectivity index (χ4n) is 1.60. The summed E-state index contributed by atoms with van der Waals surface area (Å²) in [4.78, 5) is 12.0. The highest BCUT2D eigenvalue weighted by molar-refractivity contribution is 6.04. The molecule has 3 N–H and O–H groups in total. The molecule has 0 aliphatic heterocycles. The van der Waals surface area contributed by atoms with E-state index in [1.165, 1.54) is 7.11 Å². The van der Waals surface area contributed by atoms with Crippen LogP contribution >= 0.6 is 0 Å². The number of hydrogen-bond donors (Lipinski definition) is 2. The second-order valence-corrected chi connectivity index (χ2v) is 3.78. The molecule has 1 amide bonds. The largest absolute Gasteiger partial charge is 0.495 e. The topological polar surface area (TPSA) is 112 Å². The maximum atomic E-state index is 12.0. The molecule has 6 heteroatoms. The number of nitrogen functional groups attached to an aromatic ring is 1. The van der Waals surface area contributed by atoms with Gasteiger partial charge in [-0.1, -0.05) is 18.2 Å². The number of methoxy groups -OCH3 is 1. The van der Waals surface area contributed by atoms with Crippen LogP contribution in [0.1, 0.15) is 10.4 Å². The minimum atomic E-state index is -0.199. The zero-order valence-electron chi connectivity index (χ0n) is 10.9. The molecule has 20 heavy (non-hydrogen) atoms. The van der Waals surface area contributed by atoms with Crippen LogP contribution in [0.15, 0.2) is 48.5 Å². The van der Waals surface area contributed by atoms with E-state index in [0.717, 1.165) is 5.69 Å². The molecule has 0 saturated carbocycles. The zero-order valence-corrected chi connectivity index (χ0v) is 10.9. The number of carbonyl (C=O) groups excluding carboxylic acids is 1. The van der Waals surface area contributed by atoms with E-state index >= 15 is 0 Å². The maximum absolute atomic E-state index is 12.0. The van der Waals surface area contributed by atoms with Gasteiger partial charge < -0.3 is 15.8 Å². The van der Waals surface area contributed by atoms with Crippen molar-refractivity contribution in [1.82, 2.24) is 0 Å². The van der Waals surface area contributed by atoms with Crippen molar-refractivity contribution in [3.05, 3.63) is 54.1 Å². The van der Waals surface area contributed by atoms with Gasteiger partial charge in [-0.25, -0.2) is 0 Å². The van der Waals surface area contributed by atoms with Crippen LogP contribution in [0.2, 0.25) is 0 Å². The number of nitrogens with two attached hydrogens (primary N) is 1. The summed E-state index contributed by atoms with van der Waals surface area (Å²) in [6.45, 7) is 0. The van der Waals surface area contributed by atoms with E-state index < -0.39 is 0 Å². The van der Waals surface area contributed by atoms with Gasteiger partial charge in [-0.3, -0.25) is 4.79 Å². The lowest BCUT2D eigenvalue weighted by Gasteiger charge is -2.08. The molecule has 0 spiro atoms. The number of anilines is 2. The van der Waals surface area contributed by atoms with Crippen molar-refractivity contribution in [3.63, 3.8) is 0 Å². The van der Waals surface area contributed by atoms with E-state index in [-0.39, 0.29) is 5.91 Å². The number of ether oxygens (including phenoxy) is 1. The summed E-state index contributed by atoms with van der Waals surface area (Å²) in [5.41, 5.74) is 7.45. The number of para-hydroxylation sites is 1. The molecule has 102 valence electrons. The summed E-state index contributed by atoms with van der Waals surface area (Å²) in [5, 5.41) is 14.8.